The van der Waals surface area contributed by atoms with Crippen LogP contribution < -0.4 is 5.32 Å². The first-order valence-corrected chi connectivity index (χ1v) is 5.86. The van der Waals surface area contributed by atoms with Gasteiger partial charge in [-0.2, -0.15) is 5.10 Å². The second-order valence-corrected chi connectivity index (χ2v) is 4.55. The average molecular weight is 243 g/mol. The lowest BCUT2D eigenvalue weighted by Crippen LogP contribution is -2.14. The van der Waals surface area contributed by atoms with E-state index in [9.17, 15) is 4.79 Å². The molecule has 2 rings (SSSR count). The van der Waals surface area contributed by atoms with Crippen LogP contribution in [-0.4, -0.2) is 15.7 Å². The van der Waals surface area contributed by atoms with Crippen LogP contribution in [0.2, 0.25) is 0 Å². The molecule has 0 bridgehead atoms. The number of hydrogen-bond donors (Lipinski definition) is 1. The van der Waals surface area contributed by atoms with Crippen molar-refractivity contribution in [1.82, 2.24) is 9.78 Å². The van der Waals surface area contributed by atoms with Crippen LogP contribution in [0.15, 0.2) is 24.3 Å². The Labute approximate surface area is 107 Å². The van der Waals surface area contributed by atoms with Gasteiger partial charge >= 0.3 is 0 Å². The maximum atomic E-state index is 12.1. The lowest BCUT2D eigenvalue weighted by atomic mass is 10.1. The van der Waals surface area contributed by atoms with Gasteiger partial charge in [0.05, 0.1) is 5.69 Å². The minimum atomic E-state index is -0.110. The monoisotopic (exact) mass is 243 g/mol. The first-order chi connectivity index (χ1) is 8.47. The lowest BCUT2D eigenvalue weighted by Gasteiger charge is -2.07. The Morgan fingerprint density at radius 2 is 1.89 bits per heavy atom. The lowest BCUT2D eigenvalue weighted by molar-refractivity contribution is 0.102. The van der Waals surface area contributed by atoms with Crippen LogP contribution in [-0.2, 0) is 7.05 Å². The number of aryl methyl sites for hydroxylation is 4. The molecule has 0 aliphatic carbocycles. The number of nitrogens with zero attached hydrogens (tertiary/aromatic N) is 2. The van der Waals surface area contributed by atoms with Crippen molar-refractivity contribution in [3.8, 4) is 0 Å². The van der Waals surface area contributed by atoms with E-state index in [1.54, 1.807) is 4.68 Å². The zero-order valence-electron chi connectivity index (χ0n) is 11.1. The summed E-state index contributed by atoms with van der Waals surface area (Å²) in [6.45, 7) is 5.92. The summed E-state index contributed by atoms with van der Waals surface area (Å²) < 4.78 is 1.66. The second-order valence-electron chi connectivity index (χ2n) is 4.55. The van der Waals surface area contributed by atoms with Gasteiger partial charge in [0.25, 0.3) is 5.91 Å². The van der Waals surface area contributed by atoms with Crippen molar-refractivity contribution < 1.29 is 4.79 Å². The van der Waals surface area contributed by atoms with Crippen molar-refractivity contribution in [1.29, 1.82) is 0 Å². The van der Waals surface area contributed by atoms with Crippen LogP contribution in [0.4, 0.5) is 5.82 Å². The molecule has 2 aromatic rings. The zero-order valence-corrected chi connectivity index (χ0v) is 11.1. The van der Waals surface area contributed by atoms with Gasteiger partial charge in [-0.05, 0) is 44.0 Å². The third-order valence-electron chi connectivity index (χ3n) is 3.01. The molecular formula is C14H17N3O. The molecule has 0 atom stereocenters. The minimum Gasteiger partial charge on any atom is -0.307 e. The van der Waals surface area contributed by atoms with Crippen LogP contribution in [0.3, 0.4) is 0 Å². The highest BCUT2D eigenvalue weighted by molar-refractivity contribution is 6.04. The quantitative estimate of drug-likeness (QED) is 0.881. The summed E-state index contributed by atoms with van der Waals surface area (Å²) in [5, 5.41) is 7.05. The molecule has 1 aromatic heterocycles. The van der Waals surface area contributed by atoms with Gasteiger partial charge in [0.2, 0.25) is 0 Å². The first-order valence-electron chi connectivity index (χ1n) is 5.86. The zero-order chi connectivity index (χ0) is 13.3. The number of nitrogens with one attached hydrogen (secondary N) is 1. The van der Waals surface area contributed by atoms with E-state index < -0.39 is 0 Å². The molecule has 0 saturated carbocycles. The molecule has 0 unspecified atom stereocenters. The van der Waals surface area contributed by atoms with Crippen LogP contribution in [0.1, 0.15) is 27.2 Å². The third kappa shape index (κ3) is 2.42. The fraction of sp³-hybridized carbons (Fsp3) is 0.286. The Kier molecular flexibility index (Phi) is 3.19. The van der Waals surface area contributed by atoms with Crippen LogP contribution in [0.5, 0.6) is 0 Å². The van der Waals surface area contributed by atoms with E-state index in [2.05, 4.69) is 10.4 Å². The Morgan fingerprint density at radius 1 is 1.17 bits per heavy atom. The van der Waals surface area contributed by atoms with Gasteiger partial charge in [0.15, 0.2) is 0 Å². The molecule has 0 aliphatic rings. The number of carbonyl (C=O) groups is 1. The SMILES string of the molecule is Cc1cc(NC(=O)c2ccc(C)c(C)c2)n(C)n1. The van der Waals surface area contributed by atoms with Crippen molar-refractivity contribution in [2.24, 2.45) is 7.05 Å². The second kappa shape index (κ2) is 4.64. The van der Waals surface area contributed by atoms with Crippen molar-refractivity contribution in [3.63, 3.8) is 0 Å². The van der Waals surface area contributed by atoms with E-state index in [4.69, 9.17) is 0 Å². The highest BCUT2D eigenvalue weighted by Gasteiger charge is 2.09. The van der Waals surface area contributed by atoms with Crippen LogP contribution in [0.25, 0.3) is 0 Å². The molecule has 0 fully saturated rings. The largest absolute Gasteiger partial charge is 0.307 e. The van der Waals surface area contributed by atoms with Crippen molar-refractivity contribution in [2.45, 2.75) is 20.8 Å². The highest BCUT2D eigenvalue weighted by Crippen LogP contribution is 2.13. The van der Waals surface area contributed by atoms with Crippen molar-refractivity contribution in [3.05, 3.63) is 46.6 Å². The predicted octanol–water partition coefficient (Wildman–Crippen LogP) is 2.60. The van der Waals surface area contributed by atoms with Gasteiger partial charge in [0, 0.05) is 18.7 Å². The molecule has 18 heavy (non-hydrogen) atoms. The number of carbonyl (C=O) groups excluding carboxylic acids is 1. The number of hydrogen-bond acceptors (Lipinski definition) is 2. The minimum absolute atomic E-state index is 0.110. The smallest absolute Gasteiger partial charge is 0.256 e. The number of aromatic nitrogens is 2. The van der Waals surface area contributed by atoms with E-state index >= 15 is 0 Å². The summed E-state index contributed by atoms with van der Waals surface area (Å²) in [4.78, 5) is 12.1. The molecule has 0 aliphatic heterocycles. The highest BCUT2D eigenvalue weighted by atomic mass is 16.1. The standard InChI is InChI=1S/C14H17N3O/c1-9-5-6-12(7-10(9)2)14(18)15-13-8-11(3)16-17(13)4/h5-8H,1-4H3,(H,15,18). The average Bonchev–Trinajstić information content (AvgIpc) is 2.61. The Bertz CT molecular complexity index is 599. The molecule has 1 aromatic carbocycles. The molecule has 4 heteroatoms. The van der Waals surface area contributed by atoms with E-state index in [1.807, 2.05) is 52.1 Å². The normalized spacial score (nSPS) is 10.4. The summed E-state index contributed by atoms with van der Waals surface area (Å²) >= 11 is 0. The summed E-state index contributed by atoms with van der Waals surface area (Å²) in [5.74, 6) is 0.594. The summed E-state index contributed by atoms with van der Waals surface area (Å²) in [5.41, 5.74) is 3.84. The van der Waals surface area contributed by atoms with Gasteiger partial charge < -0.3 is 5.32 Å². The number of benzene rings is 1. The summed E-state index contributed by atoms with van der Waals surface area (Å²) in [7, 11) is 1.81. The van der Waals surface area contributed by atoms with E-state index in [1.165, 1.54) is 5.56 Å². The van der Waals surface area contributed by atoms with Gasteiger partial charge in [-0.1, -0.05) is 6.07 Å². The van der Waals surface area contributed by atoms with Crippen LogP contribution >= 0.6 is 0 Å². The Hall–Kier alpha value is -2.10. The molecule has 94 valence electrons. The van der Waals surface area contributed by atoms with Gasteiger partial charge in [-0.3, -0.25) is 9.48 Å². The topological polar surface area (TPSA) is 46.9 Å². The maximum Gasteiger partial charge on any atom is 0.256 e. The van der Waals surface area contributed by atoms with E-state index in [0.717, 1.165) is 11.3 Å². The predicted molar refractivity (Wildman–Crippen MR) is 71.8 cm³/mol. The van der Waals surface area contributed by atoms with E-state index in [0.29, 0.717) is 11.4 Å². The Morgan fingerprint density at radius 3 is 2.44 bits per heavy atom. The first kappa shape index (κ1) is 12.4. The fourth-order valence-electron chi connectivity index (χ4n) is 1.80. The number of amides is 1. The summed E-state index contributed by atoms with van der Waals surface area (Å²) in [6, 6.07) is 7.53. The van der Waals surface area contributed by atoms with Gasteiger partial charge in [-0.15, -0.1) is 0 Å². The third-order valence-corrected chi connectivity index (χ3v) is 3.01. The Balaban J connectivity index is 2.22. The molecule has 0 spiro atoms. The maximum absolute atomic E-state index is 12.1. The number of anilines is 1. The van der Waals surface area contributed by atoms with Crippen molar-refractivity contribution >= 4 is 11.7 Å². The molecule has 4 nitrogen and oxygen atoms in total. The molecule has 0 saturated heterocycles. The molecule has 1 heterocycles. The number of rotatable bonds is 2. The van der Waals surface area contributed by atoms with Crippen molar-refractivity contribution in [2.75, 3.05) is 5.32 Å². The molecule has 0 radical (unpaired) electrons. The summed E-state index contributed by atoms with van der Waals surface area (Å²) in [6.07, 6.45) is 0. The fourth-order valence-corrected chi connectivity index (χ4v) is 1.80. The molecular weight excluding hydrogens is 226 g/mol. The van der Waals surface area contributed by atoms with Gasteiger partial charge in [-0.25, -0.2) is 0 Å². The van der Waals surface area contributed by atoms with E-state index in [-0.39, 0.29) is 5.91 Å². The molecule has 1 N–H and O–H groups in total. The van der Waals surface area contributed by atoms with Gasteiger partial charge in [0.1, 0.15) is 5.82 Å². The molecule has 1 amide bonds. The van der Waals surface area contributed by atoms with Crippen LogP contribution in [0, 0.1) is 20.8 Å².